The number of aromatic nitrogens is 4. The van der Waals surface area contributed by atoms with E-state index < -0.39 is 0 Å². The zero-order valence-electron chi connectivity index (χ0n) is 17.9. The molecule has 4 rings (SSSR count). The van der Waals surface area contributed by atoms with Crippen molar-refractivity contribution in [1.29, 1.82) is 0 Å². The topological polar surface area (TPSA) is 102 Å². The molecule has 2 amide bonds. The Labute approximate surface area is 195 Å². The van der Waals surface area contributed by atoms with Crippen LogP contribution in [0.1, 0.15) is 33.5 Å². The van der Waals surface area contributed by atoms with Gasteiger partial charge in [-0.2, -0.15) is 4.68 Å². The summed E-state index contributed by atoms with van der Waals surface area (Å²) in [7, 11) is 0. The number of carbonyl (C=O) groups excluding carboxylic acids is 2. The van der Waals surface area contributed by atoms with Crippen LogP contribution in [0.5, 0.6) is 0 Å². The molecule has 8 nitrogen and oxygen atoms in total. The molecule has 0 radical (unpaired) electrons. The Morgan fingerprint density at radius 3 is 2.55 bits per heavy atom. The van der Waals surface area contributed by atoms with Crippen LogP contribution in [0.4, 0.5) is 5.69 Å². The van der Waals surface area contributed by atoms with E-state index in [-0.39, 0.29) is 11.8 Å². The highest BCUT2D eigenvalue weighted by atomic mass is 32.2. The van der Waals surface area contributed by atoms with Crippen LogP contribution < -0.4 is 10.6 Å². The van der Waals surface area contributed by atoms with Gasteiger partial charge in [0.2, 0.25) is 0 Å². The minimum absolute atomic E-state index is 0.180. The molecule has 2 N–H and O–H groups in total. The summed E-state index contributed by atoms with van der Waals surface area (Å²) in [5.74, 6) is 0.726. The van der Waals surface area contributed by atoms with Crippen LogP contribution in [0.3, 0.4) is 0 Å². The number of rotatable bonds is 8. The molecule has 4 aromatic rings. The van der Waals surface area contributed by atoms with Crippen LogP contribution in [0, 0.1) is 0 Å². The third kappa shape index (κ3) is 5.45. The van der Waals surface area contributed by atoms with Crippen molar-refractivity contribution in [2.75, 3.05) is 11.9 Å². The van der Waals surface area contributed by atoms with E-state index in [9.17, 15) is 9.59 Å². The second kappa shape index (κ2) is 10.6. The maximum atomic E-state index is 13.0. The molecule has 0 fully saturated rings. The molecule has 0 aliphatic heterocycles. The molecule has 0 saturated heterocycles. The molecule has 0 spiro atoms. The van der Waals surface area contributed by atoms with Gasteiger partial charge in [0.25, 0.3) is 11.8 Å². The van der Waals surface area contributed by atoms with Crippen LogP contribution >= 0.6 is 11.8 Å². The van der Waals surface area contributed by atoms with Crippen molar-refractivity contribution < 1.29 is 9.59 Å². The fourth-order valence-corrected chi connectivity index (χ4v) is 4.14. The number of benzene rings is 3. The van der Waals surface area contributed by atoms with Crippen LogP contribution in [-0.2, 0) is 5.75 Å². The van der Waals surface area contributed by atoms with E-state index in [2.05, 4.69) is 26.2 Å². The number of tetrazole rings is 1. The highest BCUT2D eigenvalue weighted by Gasteiger charge is 2.15. The molecule has 33 heavy (non-hydrogen) atoms. The van der Waals surface area contributed by atoms with Crippen LogP contribution in [-0.4, -0.2) is 38.6 Å². The van der Waals surface area contributed by atoms with Gasteiger partial charge in [-0.1, -0.05) is 36.4 Å². The first kappa shape index (κ1) is 22.2. The van der Waals surface area contributed by atoms with Gasteiger partial charge in [-0.05, 0) is 59.8 Å². The van der Waals surface area contributed by atoms with E-state index in [0.717, 1.165) is 10.6 Å². The third-order valence-electron chi connectivity index (χ3n) is 4.74. The van der Waals surface area contributed by atoms with Gasteiger partial charge in [0.05, 0.1) is 17.0 Å². The van der Waals surface area contributed by atoms with E-state index in [1.165, 1.54) is 11.8 Å². The number of hydrogen-bond acceptors (Lipinski definition) is 6. The highest BCUT2D eigenvalue weighted by Crippen LogP contribution is 2.27. The SMILES string of the molecule is CCNC(=O)c1cccc(NC(=O)c2ccccc2SCc2nnnn2-c2ccccc2)c1. The van der Waals surface area contributed by atoms with E-state index in [1.54, 1.807) is 35.0 Å². The summed E-state index contributed by atoms with van der Waals surface area (Å²) >= 11 is 1.48. The Balaban J connectivity index is 1.49. The summed E-state index contributed by atoms with van der Waals surface area (Å²) in [6.07, 6.45) is 0. The van der Waals surface area contributed by atoms with Gasteiger partial charge < -0.3 is 10.6 Å². The van der Waals surface area contributed by atoms with E-state index >= 15 is 0 Å². The van der Waals surface area contributed by atoms with Gasteiger partial charge in [-0.15, -0.1) is 16.9 Å². The number of nitrogens with one attached hydrogen (secondary N) is 2. The monoisotopic (exact) mass is 458 g/mol. The average molecular weight is 459 g/mol. The number of thioether (sulfide) groups is 1. The van der Waals surface area contributed by atoms with Gasteiger partial charge in [0.1, 0.15) is 0 Å². The first-order valence-electron chi connectivity index (χ1n) is 10.4. The first-order chi connectivity index (χ1) is 16.2. The molecule has 0 atom stereocenters. The molecular weight excluding hydrogens is 436 g/mol. The normalized spacial score (nSPS) is 10.6. The number of nitrogens with zero attached hydrogens (tertiary/aromatic N) is 4. The minimum atomic E-state index is -0.256. The number of amides is 2. The molecule has 3 aromatic carbocycles. The van der Waals surface area contributed by atoms with Crippen molar-refractivity contribution in [3.8, 4) is 5.69 Å². The van der Waals surface area contributed by atoms with Crippen molar-refractivity contribution in [3.05, 3.63) is 95.8 Å². The van der Waals surface area contributed by atoms with Gasteiger partial charge in [-0.3, -0.25) is 9.59 Å². The smallest absolute Gasteiger partial charge is 0.256 e. The van der Waals surface area contributed by atoms with E-state index in [1.807, 2.05) is 55.5 Å². The van der Waals surface area contributed by atoms with Gasteiger partial charge in [-0.25, -0.2) is 0 Å². The maximum Gasteiger partial charge on any atom is 0.256 e. The molecule has 9 heteroatoms. The Hall–Kier alpha value is -3.98. The summed E-state index contributed by atoms with van der Waals surface area (Å²) in [4.78, 5) is 25.9. The molecule has 0 unspecified atom stereocenters. The Kier molecular flexibility index (Phi) is 7.11. The van der Waals surface area contributed by atoms with Crippen molar-refractivity contribution >= 4 is 29.3 Å². The lowest BCUT2D eigenvalue weighted by Gasteiger charge is -2.11. The lowest BCUT2D eigenvalue weighted by molar-refractivity contribution is 0.0954. The Bertz CT molecular complexity index is 1260. The lowest BCUT2D eigenvalue weighted by Crippen LogP contribution is -2.22. The number of para-hydroxylation sites is 1. The van der Waals surface area contributed by atoms with Crippen molar-refractivity contribution in [2.45, 2.75) is 17.6 Å². The molecule has 1 heterocycles. The molecule has 166 valence electrons. The molecule has 0 saturated carbocycles. The van der Waals surface area contributed by atoms with Gasteiger partial charge in [0, 0.05) is 22.7 Å². The fourth-order valence-electron chi connectivity index (χ4n) is 3.19. The predicted octanol–water partition coefficient (Wildman–Crippen LogP) is 3.96. The third-order valence-corrected chi connectivity index (χ3v) is 5.81. The van der Waals surface area contributed by atoms with Crippen molar-refractivity contribution in [2.24, 2.45) is 0 Å². The van der Waals surface area contributed by atoms with Crippen LogP contribution in [0.2, 0.25) is 0 Å². The Morgan fingerprint density at radius 2 is 1.73 bits per heavy atom. The molecule has 0 aliphatic rings. The quantitative estimate of drug-likeness (QED) is 0.388. The van der Waals surface area contributed by atoms with E-state index in [0.29, 0.717) is 34.9 Å². The summed E-state index contributed by atoms with van der Waals surface area (Å²) < 4.78 is 1.68. The minimum Gasteiger partial charge on any atom is -0.352 e. The molecule has 1 aromatic heterocycles. The molecular formula is C24H22N6O2S. The summed E-state index contributed by atoms with van der Waals surface area (Å²) in [5.41, 5.74) is 2.45. The zero-order valence-corrected chi connectivity index (χ0v) is 18.7. The molecule has 0 bridgehead atoms. The van der Waals surface area contributed by atoms with Gasteiger partial charge >= 0.3 is 0 Å². The molecule has 0 aliphatic carbocycles. The zero-order chi connectivity index (χ0) is 23.0. The first-order valence-corrected chi connectivity index (χ1v) is 11.4. The second-order valence-corrected chi connectivity index (χ2v) is 8.04. The lowest BCUT2D eigenvalue weighted by atomic mass is 10.1. The van der Waals surface area contributed by atoms with Crippen molar-refractivity contribution in [1.82, 2.24) is 25.5 Å². The highest BCUT2D eigenvalue weighted by molar-refractivity contribution is 7.98. The fraction of sp³-hybridized carbons (Fsp3) is 0.125. The summed E-state index contributed by atoms with van der Waals surface area (Å²) in [5, 5.41) is 17.7. The van der Waals surface area contributed by atoms with E-state index in [4.69, 9.17) is 0 Å². The predicted molar refractivity (Wildman–Crippen MR) is 128 cm³/mol. The maximum absolute atomic E-state index is 13.0. The number of carbonyl (C=O) groups is 2. The second-order valence-electron chi connectivity index (χ2n) is 7.02. The summed E-state index contributed by atoms with van der Waals surface area (Å²) in [6, 6.07) is 23.9. The largest absolute Gasteiger partial charge is 0.352 e. The van der Waals surface area contributed by atoms with Crippen LogP contribution in [0.25, 0.3) is 5.69 Å². The Morgan fingerprint density at radius 1 is 0.939 bits per heavy atom. The average Bonchev–Trinajstić information content (AvgIpc) is 3.32. The number of anilines is 1. The van der Waals surface area contributed by atoms with Gasteiger partial charge in [0.15, 0.2) is 5.82 Å². The standard InChI is InChI=1S/C24H22N6O2S/c1-2-25-23(31)17-9-8-10-18(15-17)26-24(32)20-13-6-7-14-21(20)33-16-22-27-28-29-30(22)19-11-4-3-5-12-19/h3-15H,2,16H2,1H3,(H,25,31)(H,26,32). The van der Waals surface area contributed by atoms with Crippen LogP contribution in [0.15, 0.2) is 83.8 Å². The van der Waals surface area contributed by atoms with Crippen molar-refractivity contribution in [3.63, 3.8) is 0 Å². The summed E-state index contributed by atoms with van der Waals surface area (Å²) in [6.45, 7) is 2.39. The number of hydrogen-bond donors (Lipinski definition) is 2.